The Labute approximate surface area is 124 Å². The Hall–Kier alpha value is -2.29. The second-order valence-electron chi connectivity index (χ2n) is 6.06. The van der Waals surface area contributed by atoms with E-state index in [-0.39, 0.29) is 6.04 Å². The summed E-state index contributed by atoms with van der Waals surface area (Å²) in [6.07, 6.45) is 0.924. The molecule has 106 valence electrons. The minimum absolute atomic E-state index is 0.264. The summed E-state index contributed by atoms with van der Waals surface area (Å²) in [6.45, 7) is 4.15. The van der Waals surface area contributed by atoms with Crippen molar-refractivity contribution in [3.05, 3.63) is 65.7 Å². The van der Waals surface area contributed by atoms with Crippen LogP contribution in [-0.2, 0) is 0 Å². The first kappa shape index (κ1) is 12.5. The Morgan fingerprint density at radius 1 is 1.05 bits per heavy atom. The zero-order valence-corrected chi connectivity index (χ0v) is 12.3. The van der Waals surface area contributed by atoms with Crippen LogP contribution in [-0.4, -0.2) is 16.4 Å². The number of hydrogen-bond acceptors (Lipinski definition) is 3. The number of rotatable bonds is 1. The lowest BCUT2D eigenvalue weighted by atomic mass is 9.95. The third-order valence-electron chi connectivity index (χ3n) is 4.21. The minimum Gasteiger partial charge on any atom is -0.467 e. The van der Waals surface area contributed by atoms with Crippen molar-refractivity contribution >= 4 is 5.71 Å². The van der Waals surface area contributed by atoms with Crippen LogP contribution in [0, 0.1) is 0 Å². The number of ether oxygens (including phenoxy) is 1. The maximum Gasteiger partial charge on any atom is 0.192 e. The quantitative estimate of drug-likeness (QED) is 0.788. The van der Waals surface area contributed by atoms with Gasteiger partial charge >= 0.3 is 0 Å². The van der Waals surface area contributed by atoms with Crippen LogP contribution in [0.4, 0.5) is 0 Å². The summed E-state index contributed by atoms with van der Waals surface area (Å²) in [5.41, 5.74) is 3.14. The molecule has 0 saturated heterocycles. The van der Waals surface area contributed by atoms with Crippen LogP contribution in [0.2, 0.25) is 0 Å². The molecule has 0 fully saturated rings. The smallest absolute Gasteiger partial charge is 0.192 e. The minimum atomic E-state index is -0.421. The van der Waals surface area contributed by atoms with Gasteiger partial charge in [0.25, 0.3) is 0 Å². The van der Waals surface area contributed by atoms with E-state index in [0.29, 0.717) is 0 Å². The largest absolute Gasteiger partial charge is 0.467 e. The van der Waals surface area contributed by atoms with E-state index < -0.39 is 5.72 Å². The van der Waals surface area contributed by atoms with Gasteiger partial charge in [0.1, 0.15) is 5.75 Å². The van der Waals surface area contributed by atoms with Gasteiger partial charge in [0, 0.05) is 12.0 Å². The molecule has 21 heavy (non-hydrogen) atoms. The monoisotopic (exact) mass is 278 g/mol. The molecule has 0 aliphatic carbocycles. The first-order valence-corrected chi connectivity index (χ1v) is 7.35. The molecule has 0 aromatic heterocycles. The summed E-state index contributed by atoms with van der Waals surface area (Å²) in [7, 11) is 0. The van der Waals surface area contributed by atoms with Crippen molar-refractivity contribution in [2.24, 2.45) is 5.10 Å². The molecule has 3 heteroatoms. The molecular weight excluding hydrogens is 260 g/mol. The van der Waals surface area contributed by atoms with Gasteiger partial charge in [-0.1, -0.05) is 48.5 Å². The fourth-order valence-corrected chi connectivity index (χ4v) is 3.22. The van der Waals surface area contributed by atoms with Crippen LogP contribution >= 0.6 is 0 Å². The summed E-state index contributed by atoms with van der Waals surface area (Å²) in [5.74, 6) is 0.980. The topological polar surface area (TPSA) is 24.8 Å². The standard InChI is InChI=1S/C18H18N2O/c1-18(2)20-16(14-10-6-7-11-17(14)21-18)12-15(19-20)13-8-4-3-5-9-13/h3-11,16H,12H2,1-2H3. The van der Waals surface area contributed by atoms with Gasteiger partial charge in [0.05, 0.1) is 11.8 Å². The van der Waals surface area contributed by atoms with E-state index >= 15 is 0 Å². The van der Waals surface area contributed by atoms with E-state index in [0.717, 1.165) is 17.9 Å². The molecule has 0 amide bonds. The zero-order valence-electron chi connectivity index (χ0n) is 12.3. The molecular formula is C18H18N2O. The van der Waals surface area contributed by atoms with Gasteiger partial charge in [0.15, 0.2) is 5.72 Å². The van der Waals surface area contributed by atoms with Gasteiger partial charge in [-0.25, -0.2) is 5.01 Å². The van der Waals surface area contributed by atoms with Gasteiger partial charge in [-0.05, 0) is 25.5 Å². The highest BCUT2D eigenvalue weighted by Gasteiger charge is 2.44. The Morgan fingerprint density at radius 2 is 1.76 bits per heavy atom. The number of nitrogens with zero attached hydrogens (tertiary/aromatic N) is 2. The summed E-state index contributed by atoms with van der Waals surface area (Å²) in [5, 5.41) is 6.97. The number of para-hydroxylation sites is 1. The van der Waals surface area contributed by atoms with Gasteiger partial charge < -0.3 is 4.74 Å². The average Bonchev–Trinajstić information content (AvgIpc) is 2.94. The van der Waals surface area contributed by atoms with Gasteiger partial charge in [-0.2, -0.15) is 5.10 Å². The Kier molecular flexibility index (Phi) is 2.58. The Morgan fingerprint density at radius 3 is 2.57 bits per heavy atom. The second-order valence-corrected chi connectivity index (χ2v) is 6.06. The lowest BCUT2D eigenvalue weighted by Gasteiger charge is -2.43. The number of benzene rings is 2. The van der Waals surface area contributed by atoms with E-state index in [1.807, 2.05) is 12.1 Å². The van der Waals surface area contributed by atoms with Gasteiger partial charge in [-0.15, -0.1) is 0 Å². The van der Waals surface area contributed by atoms with Crippen molar-refractivity contribution in [2.75, 3.05) is 0 Å². The maximum absolute atomic E-state index is 6.14. The Balaban J connectivity index is 1.78. The zero-order chi connectivity index (χ0) is 14.4. The van der Waals surface area contributed by atoms with Crippen molar-refractivity contribution in [3.63, 3.8) is 0 Å². The molecule has 3 nitrogen and oxygen atoms in total. The van der Waals surface area contributed by atoms with Crippen LogP contribution in [0.15, 0.2) is 59.7 Å². The van der Waals surface area contributed by atoms with E-state index in [1.54, 1.807) is 0 Å². The van der Waals surface area contributed by atoms with Crippen molar-refractivity contribution < 1.29 is 4.74 Å². The summed E-state index contributed by atoms with van der Waals surface area (Å²) in [4.78, 5) is 0. The molecule has 2 aliphatic rings. The molecule has 2 aromatic rings. The van der Waals surface area contributed by atoms with Crippen molar-refractivity contribution in [2.45, 2.75) is 32.0 Å². The number of hydrazone groups is 1. The number of fused-ring (bicyclic) bond motifs is 3. The van der Waals surface area contributed by atoms with Crippen LogP contribution in [0.3, 0.4) is 0 Å². The fraction of sp³-hybridized carbons (Fsp3) is 0.278. The second kappa shape index (κ2) is 4.35. The summed E-state index contributed by atoms with van der Waals surface area (Å²) < 4.78 is 6.14. The fourth-order valence-electron chi connectivity index (χ4n) is 3.22. The lowest BCUT2D eigenvalue weighted by Crippen LogP contribution is -2.48. The molecule has 1 atom stereocenters. The highest BCUT2D eigenvalue weighted by atomic mass is 16.5. The van der Waals surface area contributed by atoms with E-state index in [1.165, 1.54) is 11.1 Å². The Bertz CT molecular complexity index is 706. The molecule has 0 bridgehead atoms. The maximum atomic E-state index is 6.14. The van der Waals surface area contributed by atoms with Gasteiger partial charge in [0.2, 0.25) is 0 Å². The highest BCUT2D eigenvalue weighted by Crippen LogP contribution is 2.46. The third-order valence-corrected chi connectivity index (χ3v) is 4.21. The van der Waals surface area contributed by atoms with E-state index in [4.69, 9.17) is 9.84 Å². The van der Waals surface area contributed by atoms with Crippen LogP contribution in [0.25, 0.3) is 0 Å². The molecule has 4 rings (SSSR count). The molecule has 2 aromatic carbocycles. The highest BCUT2D eigenvalue weighted by molar-refractivity contribution is 6.01. The molecule has 0 saturated carbocycles. The molecule has 0 N–H and O–H groups in total. The first-order valence-electron chi connectivity index (χ1n) is 7.35. The SMILES string of the molecule is CC1(C)Oc2ccccc2C2CC(c3ccccc3)=NN21. The summed E-state index contributed by atoms with van der Waals surface area (Å²) >= 11 is 0. The average molecular weight is 278 g/mol. The van der Waals surface area contributed by atoms with E-state index in [9.17, 15) is 0 Å². The molecule has 2 aliphatic heterocycles. The predicted octanol–water partition coefficient (Wildman–Crippen LogP) is 3.97. The van der Waals surface area contributed by atoms with Crippen molar-refractivity contribution in [3.8, 4) is 5.75 Å². The molecule has 0 radical (unpaired) electrons. The normalized spacial score (nSPS) is 22.1. The van der Waals surface area contributed by atoms with Crippen molar-refractivity contribution in [1.82, 2.24) is 5.01 Å². The third kappa shape index (κ3) is 1.92. The number of hydrogen-bond donors (Lipinski definition) is 0. The van der Waals surface area contributed by atoms with E-state index in [2.05, 4.69) is 61.3 Å². The van der Waals surface area contributed by atoms with Gasteiger partial charge in [-0.3, -0.25) is 0 Å². The van der Waals surface area contributed by atoms with Crippen LogP contribution in [0.5, 0.6) is 5.75 Å². The predicted molar refractivity (Wildman–Crippen MR) is 83.3 cm³/mol. The molecule has 0 spiro atoms. The van der Waals surface area contributed by atoms with Crippen LogP contribution < -0.4 is 4.74 Å². The van der Waals surface area contributed by atoms with Crippen LogP contribution in [0.1, 0.15) is 37.4 Å². The first-order chi connectivity index (χ1) is 10.1. The summed E-state index contributed by atoms with van der Waals surface area (Å²) in [6, 6.07) is 19.0. The lowest BCUT2D eigenvalue weighted by molar-refractivity contribution is -0.0911. The molecule has 1 unspecified atom stereocenters. The van der Waals surface area contributed by atoms with Crippen molar-refractivity contribution in [1.29, 1.82) is 0 Å². The molecule has 2 heterocycles.